The van der Waals surface area contributed by atoms with E-state index >= 15 is 4.39 Å². The lowest BCUT2D eigenvalue weighted by Gasteiger charge is -2.36. The van der Waals surface area contributed by atoms with Crippen LogP contribution in [0.25, 0.3) is 32.8 Å². The van der Waals surface area contributed by atoms with Crippen molar-refractivity contribution in [3.8, 4) is 35.2 Å². The van der Waals surface area contributed by atoms with Gasteiger partial charge in [-0.1, -0.05) is 18.1 Å². The third kappa shape index (κ3) is 4.21. The van der Waals surface area contributed by atoms with Gasteiger partial charge in [-0.2, -0.15) is 9.97 Å². The van der Waals surface area contributed by atoms with Crippen molar-refractivity contribution in [3.05, 3.63) is 53.6 Å². The molecule has 4 aliphatic rings. The van der Waals surface area contributed by atoms with Gasteiger partial charge in [0.05, 0.1) is 11.1 Å². The van der Waals surface area contributed by atoms with Gasteiger partial charge in [0.15, 0.2) is 5.82 Å². The molecule has 9 heteroatoms. The summed E-state index contributed by atoms with van der Waals surface area (Å²) in [5.41, 5.74) is 0.0800. The predicted octanol–water partition coefficient (Wildman–Crippen LogP) is 6.89. The number of phenols is 1. The second-order valence-electron chi connectivity index (χ2n) is 12.9. The Morgan fingerprint density at radius 2 is 1.84 bits per heavy atom. The second-order valence-corrected chi connectivity index (χ2v) is 12.9. The molecule has 4 atom stereocenters. The number of rotatable bonds is 5. The van der Waals surface area contributed by atoms with Crippen LogP contribution in [-0.2, 0) is 0 Å². The van der Waals surface area contributed by atoms with E-state index in [9.17, 15) is 13.9 Å². The molecule has 1 aromatic heterocycles. The van der Waals surface area contributed by atoms with Crippen LogP contribution < -0.4 is 9.64 Å². The number of ether oxygens (including phenoxy) is 1. The Bertz CT molecular complexity index is 1840. The molecule has 8 rings (SSSR count). The fourth-order valence-corrected chi connectivity index (χ4v) is 8.48. The number of phenolic OH excluding ortho intramolecular Hbond substituents is 1. The van der Waals surface area contributed by atoms with E-state index in [1.807, 2.05) is 0 Å². The molecule has 6 nitrogen and oxygen atoms in total. The average Bonchev–Trinajstić information content (AvgIpc) is 3.62. The van der Waals surface area contributed by atoms with E-state index < -0.39 is 23.3 Å². The van der Waals surface area contributed by atoms with Crippen LogP contribution in [0.1, 0.15) is 56.9 Å². The molecule has 3 aromatic carbocycles. The first-order chi connectivity index (χ1) is 21.3. The van der Waals surface area contributed by atoms with E-state index in [1.165, 1.54) is 24.3 Å². The van der Waals surface area contributed by atoms with Gasteiger partial charge in [0.2, 0.25) is 0 Å². The number of benzene rings is 3. The highest BCUT2D eigenvalue weighted by molar-refractivity contribution is 6.04. The number of nitrogens with zero attached hydrogens (tertiary/aromatic N) is 4. The Hall–Kier alpha value is -4.03. The Kier molecular flexibility index (Phi) is 6.42. The fourth-order valence-electron chi connectivity index (χ4n) is 8.48. The van der Waals surface area contributed by atoms with Crippen molar-refractivity contribution in [1.29, 1.82) is 0 Å². The summed E-state index contributed by atoms with van der Waals surface area (Å²) in [4.78, 5) is 14.0. The van der Waals surface area contributed by atoms with Gasteiger partial charge in [-0.25, -0.2) is 13.2 Å². The van der Waals surface area contributed by atoms with Crippen LogP contribution >= 0.6 is 0 Å². The van der Waals surface area contributed by atoms with Crippen molar-refractivity contribution < 1.29 is 23.0 Å². The van der Waals surface area contributed by atoms with E-state index in [0.29, 0.717) is 47.0 Å². The van der Waals surface area contributed by atoms with Gasteiger partial charge in [-0.3, -0.25) is 4.90 Å². The summed E-state index contributed by atoms with van der Waals surface area (Å²) in [5.74, 6) is 1.72. The minimum absolute atomic E-state index is 0.00241. The SMILES string of the molecule is C#Cc1c(F)ccc2cc(O)cc(-c3ccc4c(N5C6CCCC5CC6)nc(OCC56CCCN5CC(F)C6)nc4c3F)c12. The summed E-state index contributed by atoms with van der Waals surface area (Å²) in [6, 6.07) is 9.75. The molecule has 0 spiro atoms. The van der Waals surface area contributed by atoms with E-state index in [-0.39, 0.29) is 40.6 Å². The maximum Gasteiger partial charge on any atom is 0.319 e. The van der Waals surface area contributed by atoms with Gasteiger partial charge in [-0.05, 0) is 86.7 Å². The van der Waals surface area contributed by atoms with E-state index in [0.717, 1.165) is 51.5 Å². The number of hydrogen-bond donors (Lipinski definition) is 1. The molecule has 0 amide bonds. The molecule has 5 heterocycles. The maximum atomic E-state index is 16.8. The molecule has 4 saturated heterocycles. The standard InChI is InChI=1S/C35H33F3N4O2/c1-2-25-29(37)12-7-20-15-24(43)16-28(30(20)25)26-10-11-27-32(31(26)38)39-34(40-33(27)42-22-5-3-6-23(42)9-8-22)44-19-35-13-4-14-41(35)18-21(36)17-35/h1,7,10-12,15-16,21-23,43H,3-6,8-9,13-14,17-19H2. The van der Waals surface area contributed by atoms with E-state index in [4.69, 9.17) is 16.1 Å². The van der Waals surface area contributed by atoms with E-state index in [2.05, 4.69) is 20.7 Å². The molecule has 4 aliphatic heterocycles. The molecule has 0 aliphatic carbocycles. The van der Waals surface area contributed by atoms with Crippen LogP contribution in [0.4, 0.5) is 19.0 Å². The smallest absolute Gasteiger partial charge is 0.319 e. The lowest BCUT2D eigenvalue weighted by atomic mass is 9.93. The number of hydrogen-bond acceptors (Lipinski definition) is 6. The summed E-state index contributed by atoms with van der Waals surface area (Å²) in [6.07, 6.45) is 12.4. The van der Waals surface area contributed by atoms with Crippen LogP contribution in [0.5, 0.6) is 11.8 Å². The lowest BCUT2D eigenvalue weighted by Crippen LogP contribution is -2.43. The first-order valence-electron chi connectivity index (χ1n) is 15.6. The van der Waals surface area contributed by atoms with Crippen LogP contribution in [0, 0.1) is 24.0 Å². The van der Waals surface area contributed by atoms with Crippen LogP contribution in [0.2, 0.25) is 0 Å². The molecule has 0 saturated carbocycles. The van der Waals surface area contributed by atoms with Crippen LogP contribution in [0.15, 0.2) is 36.4 Å². The Morgan fingerprint density at radius 1 is 1.02 bits per heavy atom. The molecule has 2 bridgehead atoms. The van der Waals surface area contributed by atoms with E-state index in [1.54, 1.807) is 12.1 Å². The fraction of sp³-hybridized carbons (Fsp3) is 0.429. The minimum Gasteiger partial charge on any atom is -0.508 e. The number of aromatic nitrogens is 2. The number of fused-ring (bicyclic) bond motifs is 5. The number of piperidine rings is 1. The van der Waals surface area contributed by atoms with Crippen molar-refractivity contribution in [3.63, 3.8) is 0 Å². The third-order valence-electron chi connectivity index (χ3n) is 10.4. The van der Waals surface area contributed by atoms with Crippen molar-refractivity contribution in [2.75, 3.05) is 24.6 Å². The zero-order valence-corrected chi connectivity index (χ0v) is 24.3. The number of terminal acetylenes is 1. The maximum absolute atomic E-state index is 16.8. The predicted molar refractivity (Wildman–Crippen MR) is 164 cm³/mol. The highest BCUT2D eigenvalue weighted by Crippen LogP contribution is 2.45. The van der Waals surface area contributed by atoms with Gasteiger partial charge in [0.25, 0.3) is 0 Å². The van der Waals surface area contributed by atoms with Crippen LogP contribution in [0.3, 0.4) is 0 Å². The van der Waals surface area contributed by atoms with Gasteiger partial charge < -0.3 is 14.7 Å². The molecule has 0 radical (unpaired) electrons. The number of alkyl halides is 1. The molecule has 4 unspecified atom stereocenters. The third-order valence-corrected chi connectivity index (χ3v) is 10.4. The van der Waals surface area contributed by atoms with Crippen molar-refractivity contribution >= 4 is 27.5 Å². The molecular formula is C35H33F3N4O2. The Labute approximate surface area is 253 Å². The molecule has 4 aromatic rings. The molecule has 4 fully saturated rings. The second kappa shape index (κ2) is 10.3. The average molecular weight is 599 g/mol. The van der Waals surface area contributed by atoms with Gasteiger partial charge >= 0.3 is 6.01 Å². The monoisotopic (exact) mass is 598 g/mol. The van der Waals surface area contributed by atoms with Crippen LogP contribution in [-0.4, -0.2) is 63.5 Å². The topological polar surface area (TPSA) is 61.7 Å². The molecule has 1 N–H and O–H groups in total. The largest absolute Gasteiger partial charge is 0.508 e. The normalized spacial score (nSPS) is 26.4. The van der Waals surface area contributed by atoms with Crippen molar-refractivity contribution in [2.24, 2.45) is 0 Å². The first kappa shape index (κ1) is 27.5. The molecular weight excluding hydrogens is 565 g/mol. The molecule has 226 valence electrons. The lowest BCUT2D eigenvalue weighted by molar-refractivity contribution is 0.107. The zero-order valence-electron chi connectivity index (χ0n) is 24.3. The summed E-state index contributed by atoms with van der Waals surface area (Å²) in [5, 5.41) is 11.9. The summed E-state index contributed by atoms with van der Waals surface area (Å²) >= 11 is 0. The zero-order chi connectivity index (χ0) is 30.2. The highest BCUT2D eigenvalue weighted by Gasteiger charge is 2.49. The van der Waals surface area contributed by atoms with Crippen molar-refractivity contribution in [2.45, 2.75) is 75.2 Å². The van der Waals surface area contributed by atoms with Crippen molar-refractivity contribution in [1.82, 2.24) is 14.9 Å². The Morgan fingerprint density at radius 3 is 2.64 bits per heavy atom. The first-order valence-corrected chi connectivity index (χ1v) is 15.6. The van der Waals surface area contributed by atoms with Gasteiger partial charge in [0, 0.05) is 41.4 Å². The van der Waals surface area contributed by atoms with Gasteiger partial charge in [0.1, 0.15) is 35.7 Å². The number of aromatic hydroxyl groups is 1. The summed E-state index contributed by atoms with van der Waals surface area (Å²) in [7, 11) is 0. The summed E-state index contributed by atoms with van der Waals surface area (Å²) in [6.45, 7) is 1.47. The highest BCUT2D eigenvalue weighted by atomic mass is 19.1. The minimum atomic E-state index is -0.897. The summed E-state index contributed by atoms with van der Waals surface area (Å²) < 4.78 is 52.4. The number of halogens is 3. The van der Waals surface area contributed by atoms with Gasteiger partial charge in [-0.15, -0.1) is 6.42 Å². The quantitative estimate of drug-likeness (QED) is 0.253. The number of anilines is 1. The Balaban J connectivity index is 1.29. The molecule has 44 heavy (non-hydrogen) atoms.